The molecule has 0 saturated heterocycles. The van der Waals surface area contributed by atoms with E-state index in [2.05, 4.69) is 16.4 Å². The average molecular weight is 461 g/mol. The zero-order valence-corrected chi connectivity index (χ0v) is 17.5. The topological polar surface area (TPSA) is 96.0 Å². The van der Waals surface area contributed by atoms with Crippen molar-refractivity contribution in [2.75, 3.05) is 7.05 Å². The van der Waals surface area contributed by atoms with E-state index in [4.69, 9.17) is 15.6 Å². The predicted molar refractivity (Wildman–Crippen MR) is 115 cm³/mol. The van der Waals surface area contributed by atoms with E-state index in [9.17, 15) is 18.0 Å². The van der Waals surface area contributed by atoms with E-state index in [0.29, 0.717) is 0 Å². The van der Waals surface area contributed by atoms with Gasteiger partial charge >= 0.3 is 12.1 Å². The normalized spacial score (nSPS) is 18.1. The van der Waals surface area contributed by atoms with Crippen molar-refractivity contribution < 1.29 is 27.9 Å². The van der Waals surface area contributed by atoms with Gasteiger partial charge in [0.15, 0.2) is 11.5 Å². The lowest BCUT2D eigenvalue weighted by Gasteiger charge is -2.26. The molecule has 0 spiro atoms. The third-order valence-corrected chi connectivity index (χ3v) is 5.49. The second-order valence-corrected chi connectivity index (χ2v) is 7.59. The highest BCUT2D eigenvalue weighted by Crippen LogP contribution is 2.40. The number of likely N-dealkylation sites (N-methyl/N-ethyl adjacent to an activating group) is 1. The molecule has 0 radical (unpaired) electrons. The van der Waals surface area contributed by atoms with Gasteiger partial charge in [0.2, 0.25) is 0 Å². The number of aliphatic imine (C=N–C) groups is 1. The number of aliphatic carboxylic acids is 1. The molecule has 1 atom stereocenters. The van der Waals surface area contributed by atoms with Crippen LogP contribution in [0.5, 0.6) is 0 Å². The fraction of sp³-hybridized carbons (Fsp3) is 0.136. The first kappa shape index (κ1) is 23.0. The van der Waals surface area contributed by atoms with Gasteiger partial charge in [-0.15, -0.1) is 0 Å². The van der Waals surface area contributed by atoms with Crippen LogP contribution in [0.15, 0.2) is 76.4 Å². The molecule has 0 aliphatic carbocycles. The highest BCUT2D eigenvalue weighted by molar-refractivity contribution is 7.08. The van der Waals surface area contributed by atoms with Gasteiger partial charge in [-0.2, -0.15) is 24.5 Å². The summed E-state index contributed by atoms with van der Waals surface area (Å²) < 4.78 is 31.7. The van der Waals surface area contributed by atoms with E-state index >= 15 is 0 Å². The smallest absolute Gasteiger partial charge is 0.475 e. The van der Waals surface area contributed by atoms with Crippen molar-refractivity contribution in [1.29, 1.82) is 0 Å². The van der Waals surface area contributed by atoms with E-state index in [1.807, 2.05) is 60.0 Å². The molecule has 0 bridgehead atoms. The maximum atomic E-state index is 13.2. The van der Waals surface area contributed by atoms with E-state index in [-0.39, 0.29) is 11.9 Å². The molecule has 6 nitrogen and oxygen atoms in total. The van der Waals surface area contributed by atoms with Gasteiger partial charge < -0.3 is 10.8 Å². The van der Waals surface area contributed by atoms with Gasteiger partial charge in [0.05, 0.1) is 0 Å². The number of alkyl halides is 3. The third-order valence-electron chi connectivity index (χ3n) is 4.81. The summed E-state index contributed by atoms with van der Waals surface area (Å²) in [7, 11) is 1.66. The fourth-order valence-electron chi connectivity index (χ4n) is 3.22. The molecule has 0 saturated carbocycles. The summed E-state index contributed by atoms with van der Waals surface area (Å²) in [4.78, 5) is 28.1. The van der Waals surface area contributed by atoms with Crippen LogP contribution in [0.4, 0.5) is 13.2 Å². The Balaban J connectivity index is 0.000000360. The van der Waals surface area contributed by atoms with E-state index in [1.165, 1.54) is 4.90 Å². The monoisotopic (exact) mass is 461 g/mol. The fourth-order valence-corrected chi connectivity index (χ4v) is 3.88. The minimum atomic E-state index is -5.08. The molecule has 1 aromatic heterocycles. The van der Waals surface area contributed by atoms with Crippen LogP contribution in [0.1, 0.15) is 11.1 Å². The highest BCUT2D eigenvalue weighted by atomic mass is 32.1. The van der Waals surface area contributed by atoms with Crippen LogP contribution in [-0.4, -0.2) is 41.1 Å². The molecule has 2 aromatic carbocycles. The number of benzene rings is 2. The Morgan fingerprint density at radius 2 is 1.69 bits per heavy atom. The molecule has 10 heteroatoms. The SMILES string of the molecule is CN1C(=O)C(c2ccccc2)(c2cccc(-c3ccsc3)c2)N=C1N.O=C(O)C(F)(F)F. The minimum Gasteiger partial charge on any atom is -0.475 e. The van der Waals surface area contributed by atoms with Crippen molar-refractivity contribution in [2.45, 2.75) is 11.7 Å². The summed E-state index contributed by atoms with van der Waals surface area (Å²) in [5.41, 5.74) is 8.70. The first-order valence-corrected chi connectivity index (χ1v) is 10.1. The van der Waals surface area contributed by atoms with E-state index < -0.39 is 17.7 Å². The number of nitrogens with two attached hydrogens (primary N) is 1. The largest absolute Gasteiger partial charge is 0.490 e. The summed E-state index contributed by atoms with van der Waals surface area (Å²) in [6.45, 7) is 0. The third kappa shape index (κ3) is 4.35. The lowest BCUT2D eigenvalue weighted by atomic mass is 9.82. The van der Waals surface area contributed by atoms with Gasteiger partial charge in [-0.25, -0.2) is 9.79 Å². The molecule has 3 aromatic rings. The van der Waals surface area contributed by atoms with Crippen molar-refractivity contribution in [3.63, 3.8) is 0 Å². The molecular weight excluding hydrogens is 443 g/mol. The van der Waals surface area contributed by atoms with Crippen molar-refractivity contribution in [2.24, 2.45) is 10.7 Å². The number of nitrogens with zero attached hydrogens (tertiary/aromatic N) is 2. The summed E-state index contributed by atoms with van der Waals surface area (Å²) in [5, 5.41) is 11.3. The van der Waals surface area contributed by atoms with Crippen LogP contribution in [-0.2, 0) is 15.1 Å². The van der Waals surface area contributed by atoms with Crippen LogP contribution in [0.3, 0.4) is 0 Å². The number of carboxylic acid groups (broad SMARTS) is 1. The number of halogens is 3. The number of carbonyl (C=O) groups excluding carboxylic acids is 1. The molecule has 1 aliphatic heterocycles. The van der Waals surface area contributed by atoms with Gasteiger partial charge in [-0.1, -0.05) is 48.5 Å². The quantitative estimate of drug-likeness (QED) is 0.614. The summed E-state index contributed by atoms with van der Waals surface area (Å²) in [6.07, 6.45) is -5.08. The Bertz CT molecular complexity index is 1150. The summed E-state index contributed by atoms with van der Waals surface area (Å²) in [6, 6.07) is 19.6. The van der Waals surface area contributed by atoms with Gasteiger partial charge in [0, 0.05) is 7.05 Å². The molecule has 1 amide bonds. The summed E-state index contributed by atoms with van der Waals surface area (Å²) >= 11 is 1.65. The number of hydrogen-bond donors (Lipinski definition) is 2. The predicted octanol–water partition coefficient (Wildman–Crippen LogP) is 4.08. The second kappa shape index (κ2) is 8.83. The average Bonchev–Trinajstić information content (AvgIpc) is 3.38. The second-order valence-electron chi connectivity index (χ2n) is 6.81. The van der Waals surface area contributed by atoms with Gasteiger partial charge in [-0.05, 0) is 45.1 Å². The number of amides is 1. The maximum Gasteiger partial charge on any atom is 0.490 e. The number of guanidine groups is 1. The Labute approximate surface area is 185 Å². The number of carbonyl (C=O) groups is 2. The Morgan fingerprint density at radius 3 is 2.19 bits per heavy atom. The molecule has 2 heterocycles. The van der Waals surface area contributed by atoms with Crippen molar-refractivity contribution in [3.8, 4) is 11.1 Å². The van der Waals surface area contributed by atoms with Crippen LogP contribution in [0.25, 0.3) is 11.1 Å². The summed E-state index contributed by atoms with van der Waals surface area (Å²) in [5.74, 6) is -2.67. The standard InChI is InChI=1S/C20H17N3OS.C2HF3O2/c1-23-18(24)20(22-19(23)21,16-7-3-2-4-8-16)17-9-5-6-14(12-17)15-10-11-25-13-15;3-2(4,5)1(6)7/h2-13H,1H3,(H2,21,22);(H,6,7). The lowest BCUT2D eigenvalue weighted by Crippen LogP contribution is -2.41. The van der Waals surface area contributed by atoms with Crippen LogP contribution in [0, 0.1) is 0 Å². The molecule has 166 valence electrons. The highest BCUT2D eigenvalue weighted by Gasteiger charge is 2.49. The molecule has 3 N–H and O–H groups in total. The van der Waals surface area contributed by atoms with Crippen LogP contribution < -0.4 is 5.73 Å². The Kier molecular flexibility index (Phi) is 6.35. The first-order valence-electron chi connectivity index (χ1n) is 9.19. The minimum absolute atomic E-state index is 0.140. The maximum absolute atomic E-state index is 13.2. The molecule has 1 aliphatic rings. The lowest BCUT2D eigenvalue weighted by molar-refractivity contribution is -0.192. The number of hydrogen-bond acceptors (Lipinski definition) is 5. The number of carboxylic acids is 1. The van der Waals surface area contributed by atoms with Crippen LogP contribution >= 0.6 is 11.3 Å². The number of rotatable bonds is 3. The van der Waals surface area contributed by atoms with E-state index in [1.54, 1.807) is 18.4 Å². The van der Waals surface area contributed by atoms with Crippen LogP contribution in [0.2, 0.25) is 0 Å². The molecule has 4 rings (SSSR count). The number of thiophene rings is 1. The Hall–Kier alpha value is -3.66. The molecular formula is C22H18F3N3O3S. The zero-order chi connectivity index (χ0) is 23.5. The van der Waals surface area contributed by atoms with Crippen molar-refractivity contribution >= 4 is 29.2 Å². The van der Waals surface area contributed by atoms with Crippen molar-refractivity contribution in [3.05, 3.63) is 82.6 Å². The van der Waals surface area contributed by atoms with Gasteiger partial charge in [0.25, 0.3) is 5.91 Å². The van der Waals surface area contributed by atoms with Gasteiger partial charge in [0.1, 0.15) is 0 Å². The van der Waals surface area contributed by atoms with Crippen molar-refractivity contribution in [1.82, 2.24) is 4.90 Å². The van der Waals surface area contributed by atoms with E-state index in [0.717, 1.165) is 22.3 Å². The molecule has 1 unspecified atom stereocenters. The molecule has 0 fully saturated rings. The zero-order valence-electron chi connectivity index (χ0n) is 16.7. The Morgan fingerprint density at radius 1 is 1.06 bits per heavy atom. The molecule has 32 heavy (non-hydrogen) atoms. The van der Waals surface area contributed by atoms with Gasteiger partial charge in [-0.3, -0.25) is 9.69 Å². The first-order chi connectivity index (χ1) is 15.1.